The van der Waals surface area contributed by atoms with Crippen LogP contribution in [0.3, 0.4) is 0 Å². The number of rotatable bonds is 20. The molecule has 160 valence electrons. The molecule has 1 amide bonds. The number of amides is 1. The van der Waals surface area contributed by atoms with Crippen LogP contribution in [-0.2, 0) is 14.3 Å². The third kappa shape index (κ3) is 19.5. The number of hydrogen-bond acceptors (Lipinski definition) is 4. The average Bonchev–Trinajstić information content (AvgIpc) is 2.63. The fourth-order valence-electron chi connectivity index (χ4n) is 3.23. The van der Waals surface area contributed by atoms with Gasteiger partial charge in [-0.2, -0.15) is 0 Å². The molecule has 5 nitrogen and oxygen atoms in total. The van der Waals surface area contributed by atoms with E-state index in [-0.39, 0.29) is 6.42 Å². The van der Waals surface area contributed by atoms with Crippen LogP contribution in [0.4, 0.5) is 0 Å². The van der Waals surface area contributed by atoms with Crippen molar-refractivity contribution in [3.05, 3.63) is 0 Å². The van der Waals surface area contributed by atoms with Crippen LogP contribution in [0.15, 0.2) is 0 Å². The van der Waals surface area contributed by atoms with Gasteiger partial charge in [-0.15, -0.1) is 0 Å². The smallest absolute Gasteiger partial charge is 0.323 e. The summed E-state index contributed by atoms with van der Waals surface area (Å²) in [6, 6.07) is -0.927. The second kappa shape index (κ2) is 19.7. The van der Waals surface area contributed by atoms with Crippen LogP contribution >= 0.6 is 0 Å². The highest BCUT2D eigenvalue weighted by Crippen LogP contribution is 2.13. The lowest BCUT2D eigenvalue weighted by Gasteiger charge is -2.09. The maximum Gasteiger partial charge on any atom is 0.323 e. The summed E-state index contributed by atoms with van der Waals surface area (Å²) in [4.78, 5) is 22.2. The molecule has 1 unspecified atom stereocenters. The molecule has 0 aromatic heterocycles. The van der Waals surface area contributed by atoms with E-state index in [1.54, 1.807) is 0 Å². The van der Waals surface area contributed by atoms with Gasteiger partial charge in [-0.25, -0.2) is 0 Å². The SMILES string of the molecule is CCCCCCCCCCCCCCCCCCOC(=O)C(N)CC(N)=O. The molecule has 0 aliphatic carbocycles. The predicted octanol–water partition coefficient (Wildman–Crippen LogP) is 4.99. The van der Waals surface area contributed by atoms with Crippen LogP contribution in [0.5, 0.6) is 0 Å². The Kier molecular flexibility index (Phi) is 18.9. The summed E-state index contributed by atoms with van der Waals surface area (Å²) in [5.41, 5.74) is 10.5. The summed E-state index contributed by atoms with van der Waals surface area (Å²) >= 11 is 0. The van der Waals surface area contributed by atoms with Crippen molar-refractivity contribution in [2.24, 2.45) is 11.5 Å². The summed E-state index contributed by atoms with van der Waals surface area (Å²) in [7, 11) is 0. The molecule has 0 aliphatic rings. The number of nitrogens with two attached hydrogens (primary N) is 2. The first-order valence-corrected chi connectivity index (χ1v) is 11.3. The van der Waals surface area contributed by atoms with Gasteiger partial charge in [-0.05, 0) is 6.42 Å². The van der Waals surface area contributed by atoms with Gasteiger partial charge in [0.2, 0.25) is 5.91 Å². The van der Waals surface area contributed by atoms with Gasteiger partial charge >= 0.3 is 5.97 Å². The molecular weight excluding hydrogens is 340 g/mol. The fourth-order valence-corrected chi connectivity index (χ4v) is 3.23. The van der Waals surface area contributed by atoms with E-state index < -0.39 is 17.9 Å². The zero-order valence-corrected chi connectivity index (χ0v) is 17.7. The molecule has 27 heavy (non-hydrogen) atoms. The van der Waals surface area contributed by atoms with Gasteiger partial charge in [0.15, 0.2) is 0 Å². The molecule has 0 saturated heterocycles. The van der Waals surface area contributed by atoms with Gasteiger partial charge in [0.1, 0.15) is 6.04 Å². The average molecular weight is 385 g/mol. The highest BCUT2D eigenvalue weighted by atomic mass is 16.5. The Morgan fingerprint density at radius 1 is 0.704 bits per heavy atom. The molecule has 0 aromatic rings. The number of carbonyl (C=O) groups is 2. The molecule has 0 bridgehead atoms. The van der Waals surface area contributed by atoms with E-state index >= 15 is 0 Å². The Bertz CT molecular complexity index is 361. The highest BCUT2D eigenvalue weighted by Gasteiger charge is 2.16. The predicted molar refractivity (Wildman–Crippen MR) is 112 cm³/mol. The van der Waals surface area contributed by atoms with Gasteiger partial charge in [-0.3, -0.25) is 9.59 Å². The van der Waals surface area contributed by atoms with Gasteiger partial charge in [0, 0.05) is 0 Å². The number of unbranched alkanes of at least 4 members (excludes halogenated alkanes) is 15. The quantitative estimate of drug-likeness (QED) is 0.228. The molecule has 4 N–H and O–H groups in total. The molecule has 0 spiro atoms. The van der Waals surface area contributed by atoms with Gasteiger partial charge in [0.25, 0.3) is 0 Å². The van der Waals surface area contributed by atoms with Crippen LogP contribution in [0.25, 0.3) is 0 Å². The first-order chi connectivity index (χ1) is 13.1. The summed E-state index contributed by atoms with van der Waals surface area (Å²) in [5, 5.41) is 0. The Balaban J connectivity index is 3.19. The maximum absolute atomic E-state index is 11.5. The summed E-state index contributed by atoms with van der Waals surface area (Å²) in [5.74, 6) is -1.11. The minimum absolute atomic E-state index is 0.155. The number of primary amides is 1. The van der Waals surface area contributed by atoms with Crippen LogP contribution in [0.2, 0.25) is 0 Å². The van der Waals surface area contributed by atoms with E-state index in [1.165, 1.54) is 89.9 Å². The zero-order chi connectivity index (χ0) is 20.2. The Hall–Kier alpha value is -1.10. The van der Waals surface area contributed by atoms with Crippen LogP contribution in [0, 0.1) is 0 Å². The highest BCUT2D eigenvalue weighted by molar-refractivity contribution is 5.84. The topological polar surface area (TPSA) is 95.4 Å². The summed E-state index contributed by atoms with van der Waals surface area (Å²) in [6.45, 7) is 2.65. The number of carbonyl (C=O) groups excluding carboxylic acids is 2. The molecule has 0 aliphatic heterocycles. The number of ether oxygens (including phenoxy) is 1. The van der Waals surface area contributed by atoms with E-state index in [0.29, 0.717) is 6.61 Å². The van der Waals surface area contributed by atoms with Crippen molar-refractivity contribution in [3.63, 3.8) is 0 Å². The molecule has 0 heterocycles. The molecular formula is C22H44N2O3. The number of esters is 1. The summed E-state index contributed by atoms with van der Waals surface area (Å²) < 4.78 is 5.05. The third-order valence-electron chi connectivity index (χ3n) is 4.97. The minimum Gasteiger partial charge on any atom is -0.465 e. The lowest BCUT2D eigenvalue weighted by atomic mass is 10.0. The second-order valence-corrected chi connectivity index (χ2v) is 7.75. The molecule has 0 fully saturated rings. The molecule has 0 radical (unpaired) electrons. The van der Waals surface area contributed by atoms with Gasteiger partial charge in [0.05, 0.1) is 13.0 Å². The zero-order valence-electron chi connectivity index (χ0n) is 17.7. The Morgan fingerprint density at radius 3 is 1.44 bits per heavy atom. The Morgan fingerprint density at radius 2 is 1.07 bits per heavy atom. The van der Waals surface area contributed by atoms with Crippen LogP contribution < -0.4 is 11.5 Å². The van der Waals surface area contributed by atoms with Gasteiger partial charge in [-0.1, -0.05) is 103 Å². The monoisotopic (exact) mass is 384 g/mol. The Labute approximate surface area is 167 Å². The molecule has 0 aromatic carbocycles. The largest absolute Gasteiger partial charge is 0.465 e. The van der Waals surface area contributed by atoms with Crippen molar-refractivity contribution in [2.75, 3.05) is 6.61 Å². The van der Waals surface area contributed by atoms with Crippen LogP contribution in [0.1, 0.15) is 116 Å². The lowest BCUT2D eigenvalue weighted by Crippen LogP contribution is -2.36. The normalized spacial score (nSPS) is 12.1. The van der Waals surface area contributed by atoms with Crippen molar-refractivity contribution < 1.29 is 14.3 Å². The third-order valence-corrected chi connectivity index (χ3v) is 4.97. The molecule has 1 atom stereocenters. The van der Waals surface area contributed by atoms with E-state index in [0.717, 1.165) is 12.8 Å². The standard InChI is InChI=1S/C22H44N2O3/c1-2-3-4-5-6-7-8-9-10-11-12-13-14-15-16-17-18-27-22(26)20(23)19-21(24)25/h20H,2-19,23H2,1H3,(H2,24,25). The minimum atomic E-state index is -0.927. The van der Waals surface area contributed by atoms with Crippen LogP contribution in [-0.4, -0.2) is 24.5 Å². The molecule has 5 heteroatoms. The number of hydrogen-bond donors (Lipinski definition) is 2. The van der Waals surface area contributed by atoms with Crippen molar-refractivity contribution in [2.45, 2.75) is 122 Å². The van der Waals surface area contributed by atoms with E-state index in [1.807, 2.05) is 0 Å². The lowest BCUT2D eigenvalue weighted by molar-refractivity contribution is -0.146. The van der Waals surface area contributed by atoms with Crippen molar-refractivity contribution >= 4 is 11.9 Å². The first kappa shape index (κ1) is 25.9. The van der Waals surface area contributed by atoms with Crippen molar-refractivity contribution in [3.8, 4) is 0 Å². The molecule has 0 saturated carbocycles. The molecule has 0 rings (SSSR count). The summed E-state index contributed by atoms with van der Waals surface area (Å²) in [6.07, 6.45) is 20.8. The van der Waals surface area contributed by atoms with E-state index in [2.05, 4.69) is 6.92 Å². The van der Waals surface area contributed by atoms with Crippen molar-refractivity contribution in [1.82, 2.24) is 0 Å². The van der Waals surface area contributed by atoms with E-state index in [4.69, 9.17) is 16.2 Å². The van der Waals surface area contributed by atoms with Gasteiger partial charge < -0.3 is 16.2 Å². The maximum atomic E-state index is 11.5. The van der Waals surface area contributed by atoms with Crippen molar-refractivity contribution in [1.29, 1.82) is 0 Å². The fraction of sp³-hybridized carbons (Fsp3) is 0.909. The second-order valence-electron chi connectivity index (χ2n) is 7.75. The van der Waals surface area contributed by atoms with E-state index in [9.17, 15) is 9.59 Å². The first-order valence-electron chi connectivity index (χ1n) is 11.3.